The number of amides is 3. The SMILES string of the molecule is CCCN1C(=O)NC(c2ccc(NC(=O)c3cccc(F)c3)cc2)C(C(=O)OCCOC)=C1C. The Labute approximate surface area is 197 Å². The summed E-state index contributed by atoms with van der Waals surface area (Å²) in [5, 5.41) is 5.59. The standard InChI is InChI=1S/C25H28FN3O5/c1-4-12-29-16(2)21(24(31)34-14-13-33-3)22(28-25(29)32)17-8-10-20(11-9-17)27-23(30)18-6-5-7-19(26)15-18/h5-11,15,22H,4,12-14H2,1-3H3,(H,27,30)(H,28,32). The van der Waals surface area contributed by atoms with Gasteiger partial charge in [0.05, 0.1) is 18.2 Å². The highest BCUT2D eigenvalue weighted by Crippen LogP contribution is 2.32. The van der Waals surface area contributed by atoms with E-state index in [1.54, 1.807) is 31.2 Å². The van der Waals surface area contributed by atoms with Crippen molar-refractivity contribution in [1.29, 1.82) is 0 Å². The third kappa shape index (κ3) is 5.79. The van der Waals surface area contributed by atoms with E-state index in [2.05, 4.69) is 10.6 Å². The van der Waals surface area contributed by atoms with Gasteiger partial charge in [0.2, 0.25) is 0 Å². The van der Waals surface area contributed by atoms with Crippen molar-refractivity contribution in [3.05, 3.63) is 76.7 Å². The van der Waals surface area contributed by atoms with Gasteiger partial charge >= 0.3 is 12.0 Å². The van der Waals surface area contributed by atoms with Crippen molar-refractivity contribution in [2.45, 2.75) is 26.3 Å². The molecule has 0 aromatic heterocycles. The highest BCUT2D eigenvalue weighted by molar-refractivity contribution is 6.04. The molecule has 8 nitrogen and oxygen atoms in total. The van der Waals surface area contributed by atoms with Crippen LogP contribution in [0, 0.1) is 5.82 Å². The van der Waals surface area contributed by atoms with E-state index < -0.39 is 23.7 Å². The molecule has 3 rings (SSSR count). The summed E-state index contributed by atoms with van der Waals surface area (Å²) in [4.78, 5) is 39.6. The molecule has 2 N–H and O–H groups in total. The zero-order chi connectivity index (χ0) is 24.7. The first-order chi connectivity index (χ1) is 16.3. The first kappa shape index (κ1) is 24.9. The Hall–Kier alpha value is -3.72. The van der Waals surface area contributed by atoms with E-state index in [1.165, 1.54) is 30.2 Å². The number of carbonyl (C=O) groups is 3. The van der Waals surface area contributed by atoms with Crippen molar-refractivity contribution in [3.63, 3.8) is 0 Å². The largest absolute Gasteiger partial charge is 0.460 e. The van der Waals surface area contributed by atoms with Gasteiger partial charge in [0.25, 0.3) is 5.91 Å². The second-order valence-corrected chi connectivity index (χ2v) is 7.75. The van der Waals surface area contributed by atoms with Crippen LogP contribution < -0.4 is 10.6 Å². The number of ether oxygens (including phenoxy) is 2. The Kier molecular flexibility index (Phi) is 8.37. The number of nitrogens with one attached hydrogen (secondary N) is 2. The molecule has 3 amide bonds. The van der Waals surface area contributed by atoms with Gasteiger partial charge in [-0.3, -0.25) is 9.69 Å². The molecule has 0 saturated heterocycles. The van der Waals surface area contributed by atoms with Gasteiger partial charge in [-0.05, 0) is 49.2 Å². The van der Waals surface area contributed by atoms with E-state index in [0.717, 1.165) is 12.5 Å². The van der Waals surface area contributed by atoms with Crippen LogP contribution in [0.15, 0.2) is 59.8 Å². The van der Waals surface area contributed by atoms with Crippen LogP contribution in [0.4, 0.5) is 14.9 Å². The second-order valence-electron chi connectivity index (χ2n) is 7.75. The van der Waals surface area contributed by atoms with Gasteiger partial charge in [-0.2, -0.15) is 0 Å². The van der Waals surface area contributed by atoms with E-state index in [0.29, 0.717) is 29.1 Å². The fraction of sp³-hybridized carbons (Fsp3) is 0.320. The number of benzene rings is 2. The Morgan fingerprint density at radius 1 is 1.15 bits per heavy atom. The molecule has 34 heavy (non-hydrogen) atoms. The van der Waals surface area contributed by atoms with Crippen LogP contribution in [-0.2, 0) is 14.3 Å². The zero-order valence-corrected chi connectivity index (χ0v) is 19.4. The van der Waals surface area contributed by atoms with E-state index >= 15 is 0 Å². The zero-order valence-electron chi connectivity index (χ0n) is 19.4. The number of esters is 1. The molecule has 0 fully saturated rings. The summed E-state index contributed by atoms with van der Waals surface area (Å²) in [5.41, 5.74) is 2.19. The maximum atomic E-state index is 13.4. The number of hydrogen-bond acceptors (Lipinski definition) is 5. The van der Waals surface area contributed by atoms with Crippen LogP contribution in [0.5, 0.6) is 0 Å². The van der Waals surface area contributed by atoms with E-state index in [4.69, 9.17) is 9.47 Å². The number of nitrogens with zero attached hydrogens (tertiary/aromatic N) is 1. The summed E-state index contributed by atoms with van der Waals surface area (Å²) >= 11 is 0. The van der Waals surface area contributed by atoms with Gasteiger partial charge in [-0.1, -0.05) is 25.1 Å². The molecule has 2 aromatic carbocycles. The summed E-state index contributed by atoms with van der Waals surface area (Å²) in [7, 11) is 1.51. The van der Waals surface area contributed by atoms with Gasteiger partial charge in [-0.15, -0.1) is 0 Å². The molecule has 0 spiro atoms. The Balaban J connectivity index is 1.84. The van der Waals surface area contributed by atoms with Crippen LogP contribution >= 0.6 is 0 Å². The number of carbonyl (C=O) groups excluding carboxylic acids is 3. The maximum absolute atomic E-state index is 13.4. The summed E-state index contributed by atoms with van der Waals surface area (Å²) in [6.07, 6.45) is 0.723. The lowest BCUT2D eigenvalue weighted by Gasteiger charge is -2.35. The number of anilines is 1. The smallest absolute Gasteiger partial charge is 0.338 e. The predicted octanol–water partition coefficient (Wildman–Crippen LogP) is 4.02. The van der Waals surface area contributed by atoms with E-state index in [-0.39, 0.29) is 24.8 Å². The minimum absolute atomic E-state index is 0.0889. The lowest BCUT2D eigenvalue weighted by Crippen LogP contribution is -2.48. The van der Waals surface area contributed by atoms with Crippen LogP contribution in [0.1, 0.15) is 42.2 Å². The molecule has 1 aliphatic rings. The van der Waals surface area contributed by atoms with Gasteiger partial charge < -0.3 is 20.1 Å². The number of hydrogen-bond donors (Lipinski definition) is 2. The summed E-state index contributed by atoms with van der Waals surface area (Å²) in [6.45, 7) is 4.48. The molecular weight excluding hydrogens is 441 g/mol. The van der Waals surface area contributed by atoms with Crippen LogP contribution in [0.25, 0.3) is 0 Å². The molecule has 180 valence electrons. The molecule has 9 heteroatoms. The van der Waals surface area contributed by atoms with Gasteiger partial charge in [0.1, 0.15) is 12.4 Å². The summed E-state index contributed by atoms with van der Waals surface area (Å²) < 4.78 is 23.7. The molecular formula is C25H28FN3O5. The molecule has 0 saturated carbocycles. The fourth-order valence-electron chi connectivity index (χ4n) is 3.68. The van der Waals surface area contributed by atoms with E-state index in [1.807, 2.05) is 6.92 Å². The van der Waals surface area contributed by atoms with Crippen molar-refractivity contribution in [3.8, 4) is 0 Å². The lowest BCUT2D eigenvalue weighted by atomic mass is 9.94. The second kappa shape index (κ2) is 11.4. The molecule has 1 heterocycles. The average Bonchev–Trinajstić information content (AvgIpc) is 2.82. The average molecular weight is 470 g/mol. The molecule has 0 radical (unpaired) electrons. The van der Waals surface area contributed by atoms with Crippen LogP contribution in [0.3, 0.4) is 0 Å². The monoisotopic (exact) mass is 469 g/mol. The van der Waals surface area contributed by atoms with Crippen molar-refractivity contribution in [2.24, 2.45) is 0 Å². The van der Waals surface area contributed by atoms with Crippen molar-refractivity contribution >= 4 is 23.6 Å². The lowest BCUT2D eigenvalue weighted by molar-refractivity contribution is -0.140. The van der Waals surface area contributed by atoms with Crippen molar-refractivity contribution in [1.82, 2.24) is 10.2 Å². The Morgan fingerprint density at radius 3 is 2.53 bits per heavy atom. The molecule has 1 unspecified atom stereocenters. The third-order valence-electron chi connectivity index (χ3n) is 5.37. The highest BCUT2D eigenvalue weighted by atomic mass is 19.1. The number of halogens is 1. The highest BCUT2D eigenvalue weighted by Gasteiger charge is 2.36. The fourth-order valence-corrected chi connectivity index (χ4v) is 3.68. The molecule has 1 aliphatic heterocycles. The predicted molar refractivity (Wildman–Crippen MR) is 125 cm³/mol. The molecule has 0 aliphatic carbocycles. The van der Waals surface area contributed by atoms with Gasteiger partial charge in [-0.25, -0.2) is 14.0 Å². The summed E-state index contributed by atoms with van der Waals surface area (Å²) in [6, 6.07) is 11.1. The Bertz CT molecular complexity index is 1080. The first-order valence-electron chi connectivity index (χ1n) is 11.0. The minimum atomic E-state index is -0.719. The molecule has 1 atom stereocenters. The normalized spacial score (nSPS) is 15.7. The molecule has 0 bridgehead atoms. The quantitative estimate of drug-likeness (QED) is 0.427. The number of allylic oxidation sites excluding steroid dienone is 1. The third-order valence-corrected chi connectivity index (χ3v) is 5.37. The topological polar surface area (TPSA) is 97.0 Å². The minimum Gasteiger partial charge on any atom is -0.460 e. The van der Waals surface area contributed by atoms with E-state index in [9.17, 15) is 18.8 Å². The number of rotatable bonds is 9. The Morgan fingerprint density at radius 2 is 1.88 bits per heavy atom. The van der Waals surface area contributed by atoms with Crippen molar-refractivity contribution in [2.75, 3.05) is 32.2 Å². The van der Waals surface area contributed by atoms with Gasteiger partial charge in [0.15, 0.2) is 0 Å². The molecule has 2 aromatic rings. The van der Waals surface area contributed by atoms with Crippen molar-refractivity contribution < 1.29 is 28.2 Å². The maximum Gasteiger partial charge on any atom is 0.338 e. The van der Waals surface area contributed by atoms with Crippen LogP contribution in [0.2, 0.25) is 0 Å². The first-order valence-corrected chi connectivity index (χ1v) is 11.0. The van der Waals surface area contributed by atoms with Crippen LogP contribution in [-0.4, -0.2) is 49.7 Å². The number of urea groups is 1. The summed E-state index contributed by atoms with van der Waals surface area (Å²) in [5.74, 6) is -1.49. The number of methoxy groups -OCH3 is 1. The van der Waals surface area contributed by atoms with Gasteiger partial charge in [0, 0.05) is 30.6 Å².